The van der Waals surface area contributed by atoms with Crippen LogP contribution in [0.1, 0.15) is 45.5 Å². The molecule has 1 saturated heterocycles. The third-order valence-corrected chi connectivity index (χ3v) is 5.30. The molecule has 2 aliphatic rings. The molecule has 1 aromatic rings. The molecule has 1 aliphatic carbocycles. The van der Waals surface area contributed by atoms with E-state index in [0.717, 1.165) is 24.8 Å². The number of carboxylic acids is 1. The average molecular weight is 347 g/mol. The van der Waals surface area contributed by atoms with Crippen LogP contribution in [-0.4, -0.2) is 60.9 Å². The largest absolute Gasteiger partial charge is 0.478 e. The molecule has 1 aliphatic heterocycles. The molecular formula is C19H25NO5. The van der Waals surface area contributed by atoms with E-state index in [1.54, 1.807) is 26.2 Å². The highest BCUT2D eigenvalue weighted by Crippen LogP contribution is 2.34. The summed E-state index contributed by atoms with van der Waals surface area (Å²) in [6, 6.07) is 4.77. The van der Waals surface area contributed by atoms with Crippen LogP contribution in [0.2, 0.25) is 0 Å². The summed E-state index contributed by atoms with van der Waals surface area (Å²) in [6.45, 7) is 3.34. The van der Waals surface area contributed by atoms with Crippen LogP contribution in [0.25, 0.3) is 0 Å². The Hall–Kier alpha value is -1.92. The molecule has 2 fully saturated rings. The van der Waals surface area contributed by atoms with Crippen molar-refractivity contribution in [1.82, 2.24) is 4.90 Å². The van der Waals surface area contributed by atoms with Crippen LogP contribution < -0.4 is 0 Å². The van der Waals surface area contributed by atoms with Gasteiger partial charge in [0.15, 0.2) is 0 Å². The summed E-state index contributed by atoms with van der Waals surface area (Å²) < 4.78 is 11.3. The highest BCUT2D eigenvalue weighted by atomic mass is 16.5. The van der Waals surface area contributed by atoms with Crippen molar-refractivity contribution in [3.8, 4) is 0 Å². The van der Waals surface area contributed by atoms with Crippen molar-refractivity contribution < 1.29 is 24.2 Å². The van der Waals surface area contributed by atoms with Crippen molar-refractivity contribution in [2.24, 2.45) is 5.92 Å². The predicted octanol–water partition coefficient (Wildman–Crippen LogP) is 2.35. The smallest absolute Gasteiger partial charge is 0.335 e. The Bertz CT molecular complexity index is 659. The van der Waals surface area contributed by atoms with Crippen molar-refractivity contribution in [2.45, 2.75) is 38.3 Å². The highest BCUT2D eigenvalue weighted by Gasteiger charge is 2.40. The highest BCUT2D eigenvalue weighted by molar-refractivity contribution is 5.98. The third-order valence-electron chi connectivity index (χ3n) is 5.30. The van der Waals surface area contributed by atoms with Crippen LogP contribution >= 0.6 is 0 Å². The van der Waals surface area contributed by atoms with E-state index >= 15 is 0 Å². The minimum absolute atomic E-state index is 0.0255. The minimum Gasteiger partial charge on any atom is -0.478 e. The normalized spacial score (nSPS) is 26.6. The van der Waals surface area contributed by atoms with Gasteiger partial charge in [-0.2, -0.15) is 0 Å². The van der Waals surface area contributed by atoms with Gasteiger partial charge in [-0.25, -0.2) is 4.79 Å². The zero-order valence-corrected chi connectivity index (χ0v) is 14.7. The quantitative estimate of drug-likeness (QED) is 0.905. The first kappa shape index (κ1) is 17.9. The second-order valence-corrected chi connectivity index (χ2v) is 6.90. The number of rotatable bonds is 4. The van der Waals surface area contributed by atoms with Crippen LogP contribution in [0.15, 0.2) is 18.2 Å². The molecule has 0 radical (unpaired) electrons. The lowest BCUT2D eigenvalue weighted by Crippen LogP contribution is -2.53. The van der Waals surface area contributed by atoms with Gasteiger partial charge in [0.1, 0.15) is 0 Å². The molecule has 6 nitrogen and oxygen atoms in total. The molecule has 1 saturated carbocycles. The SMILES string of the molecule is COC1CCCC1C1COCCN1C(=O)c1cc(C)cc(C(=O)O)c1. The third kappa shape index (κ3) is 3.70. The zero-order chi connectivity index (χ0) is 18.0. The van der Waals surface area contributed by atoms with Crippen molar-refractivity contribution in [2.75, 3.05) is 26.9 Å². The predicted molar refractivity (Wildman–Crippen MR) is 91.9 cm³/mol. The molecule has 1 amide bonds. The summed E-state index contributed by atoms with van der Waals surface area (Å²) in [5.74, 6) is -0.884. The van der Waals surface area contributed by atoms with Gasteiger partial charge in [-0.3, -0.25) is 4.79 Å². The van der Waals surface area contributed by atoms with E-state index in [0.29, 0.717) is 25.3 Å². The summed E-state index contributed by atoms with van der Waals surface area (Å²) in [4.78, 5) is 26.3. The van der Waals surface area contributed by atoms with Crippen LogP contribution in [0.3, 0.4) is 0 Å². The number of nitrogens with zero attached hydrogens (tertiary/aromatic N) is 1. The maximum Gasteiger partial charge on any atom is 0.335 e. The molecule has 3 rings (SSSR count). The second kappa shape index (κ2) is 7.54. The van der Waals surface area contributed by atoms with E-state index in [-0.39, 0.29) is 29.5 Å². The van der Waals surface area contributed by atoms with Gasteiger partial charge in [0.2, 0.25) is 0 Å². The fourth-order valence-corrected chi connectivity index (χ4v) is 4.11. The van der Waals surface area contributed by atoms with E-state index < -0.39 is 5.97 Å². The maximum absolute atomic E-state index is 13.1. The lowest BCUT2D eigenvalue weighted by atomic mass is 9.93. The van der Waals surface area contributed by atoms with Gasteiger partial charge < -0.3 is 19.5 Å². The topological polar surface area (TPSA) is 76.1 Å². The molecule has 1 heterocycles. The first-order valence-electron chi connectivity index (χ1n) is 8.77. The van der Waals surface area contributed by atoms with E-state index in [2.05, 4.69) is 0 Å². The van der Waals surface area contributed by atoms with Gasteiger partial charge in [0.25, 0.3) is 5.91 Å². The number of benzene rings is 1. The van der Waals surface area contributed by atoms with Gasteiger partial charge >= 0.3 is 5.97 Å². The average Bonchev–Trinajstić information content (AvgIpc) is 3.09. The summed E-state index contributed by atoms with van der Waals surface area (Å²) in [7, 11) is 1.72. The van der Waals surface area contributed by atoms with E-state index in [9.17, 15) is 14.7 Å². The number of ether oxygens (including phenoxy) is 2. The molecule has 3 atom stereocenters. The number of methoxy groups -OCH3 is 1. The van der Waals surface area contributed by atoms with Crippen molar-refractivity contribution >= 4 is 11.9 Å². The lowest BCUT2D eigenvalue weighted by Gasteiger charge is -2.40. The number of aryl methyl sites for hydroxylation is 1. The minimum atomic E-state index is -1.02. The van der Waals surface area contributed by atoms with Crippen LogP contribution in [0.4, 0.5) is 0 Å². The van der Waals surface area contributed by atoms with Gasteiger partial charge in [-0.15, -0.1) is 0 Å². The van der Waals surface area contributed by atoms with Crippen LogP contribution in [0.5, 0.6) is 0 Å². The van der Waals surface area contributed by atoms with Crippen molar-refractivity contribution in [3.63, 3.8) is 0 Å². The number of aromatic carboxylic acids is 1. The molecular weight excluding hydrogens is 322 g/mol. The molecule has 3 unspecified atom stereocenters. The molecule has 1 aromatic carbocycles. The number of carboxylic acid groups (broad SMARTS) is 1. The summed E-state index contributed by atoms with van der Waals surface area (Å²) in [6.07, 6.45) is 3.27. The van der Waals surface area contributed by atoms with Crippen LogP contribution in [-0.2, 0) is 9.47 Å². The molecule has 136 valence electrons. The molecule has 0 aromatic heterocycles. The van der Waals surface area contributed by atoms with Gasteiger partial charge in [-0.1, -0.05) is 6.42 Å². The van der Waals surface area contributed by atoms with E-state index in [4.69, 9.17) is 9.47 Å². The first-order valence-corrected chi connectivity index (χ1v) is 8.77. The van der Waals surface area contributed by atoms with Gasteiger partial charge in [-0.05, 0) is 43.5 Å². The van der Waals surface area contributed by atoms with E-state index in [1.807, 2.05) is 4.90 Å². The van der Waals surface area contributed by atoms with Gasteiger partial charge in [0.05, 0.1) is 30.9 Å². The van der Waals surface area contributed by atoms with Gasteiger partial charge in [0, 0.05) is 25.1 Å². The summed E-state index contributed by atoms with van der Waals surface area (Å²) in [5.41, 5.74) is 1.34. The maximum atomic E-state index is 13.1. The van der Waals surface area contributed by atoms with E-state index in [1.165, 1.54) is 6.07 Å². The Labute approximate surface area is 147 Å². The number of amides is 1. The molecule has 0 bridgehead atoms. The summed E-state index contributed by atoms with van der Waals surface area (Å²) >= 11 is 0. The van der Waals surface area contributed by atoms with Crippen LogP contribution in [0, 0.1) is 12.8 Å². The van der Waals surface area contributed by atoms with Crippen molar-refractivity contribution in [1.29, 1.82) is 0 Å². The Morgan fingerprint density at radius 2 is 2.00 bits per heavy atom. The molecule has 0 spiro atoms. The number of carbonyl (C=O) groups excluding carboxylic acids is 1. The standard InChI is InChI=1S/C19H25NO5/c1-12-8-13(10-14(9-12)19(22)23)18(21)20-6-7-25-11-16(20)15-4-3-5-17(15)24-2/h8-10,15-17H,3-7,11H2,1-2H3,(H,22,23). The number of hydrogen-bond acceptors (Lipinski definition) is 4. The Balaban J connectivity index is 1.87. The number of morpholine rings is 1. The fourth-order valence-electron chi connectivity index (χ4n) is 4.11. The number of hydrogen-bond donors (Lipinski definition) is 1. The Kier molecular flexibility index (Phi) is 5.39. The molecule has 1 N–H and O–H groups in total. The number of carbonyl (C=O) groups is 2. The monoisotopic (exact) mass is 347 g/mol. The first-order chi connectivity index (χ1) is 12.0. The zero-order valence-electron chi connectivity index (χ0n) is 14.7. The Morgan fingerprint density at radius 1 is 1.24 bits per heavy atom. The second-order valence-electron chi connectivity index (χ2n) is 6.90. The lowest BCUT2D eigenvalue weighted by molar-refractivity contribution is -0.0460. The molecule has 25 heavy (non-hydrogen) atoms. The molecule has 6 heteroatoms. The Morgan fingerprint density at radius 3 is 2.72 bits per heavy atom. The fraction of sp³-hybridized carbons (Fsp3) is 0.579. The van der Waals surface area contributed by atoms with Crippen molar-refractivity contribution in [3.05, 3.63) is 34.9 Å². The summed E-state index contributed by atoms with van der Waals surface area (Å²) in [5, 5.41) is 9.26.